The summed E-state index contributed by atoms with van der Waals surface area (Å²) in [4.78, 5) is 14.8. The molecule has 94 valence electrons. The number of carboxylic acid groups (broad SMARTS) is 1. The molecule has 17 heavy (non-hydrogen) atoms. The minimum Gasteiger partial charge on any atom is -0.481 e. The van der Waals surface area contributed by atoms with E-state index in [2.05, 4.69) is 10.3 Å². The molecule has 1 fully saturated rings. The molecule has 2 rings (SSSR count). The first-order valence-electron chi connectivity index (χ1n) is 5.69. The monoisotopic (exact) mass is 256 g/mol. The van der Waals surface area contributed by atoms with E-state index >= 15 is 0 Å². The lowest BCUT2D eigenvalue weighted by atomic mass is 10.2. The number of aliphatic carboxylic acids is 1. The molecule has 2 unspecified atom stereocenters. The molecule has 1 aliphatic rings. The smallest absolute Gasteiger partial charge is 0.303 e. The number of carboxylic acids is 1. The number of hydrogen-bond acceptors (Lipinski definition) is 5. The van der Waals surface area contributed by atoms with Gasteiger partial charge in [0.1, 0.15) is 0 Å². The SMILES string of the molecule is CC1OCCC1Nc1nc(CCC(=O)O)cs1. The van der Waals surface area contributed by atoms with Gasteiger partial charge in [0.05, 0.1) is 24.3 Å². The molecule has 1 aliphatic heterocycles. The average Bonchev–Trinajstić information content (AvgIpc) is 2.87. The van der Waals surface area contributed by atoms with Gasteiger partial charge in [0, 0.05) is 18.4 Å². The van der Waals surface area contributed by atoms with Crippen molar-refractivity contribution < 1.29 is 14.6 Å². The predicted octanol–water partition coefficient (Wildman–Crippen LogP) is 1.75. The van der Waals surface area contributed by atoms with Crippen molar-refractivity contribution in [2.45, 2.75) is 38.3 Å². The maximum absolute atomic E-state index is 10.4. The van der Waals surface area contributed by atoms with E-state index in [9.17, 15) is 4.79 Å². The number of carbonyl (C=O) groups is 1. The maximum Gasteiger partial charge on any atom is 0.303 e. The summed E-state index contributed by atoms with van der Waals surface area (Å²) in [6.45, 7) is 2.83. The Hall–Kier alpha value is -1.14. The number of anilines is 1. The van der Waals surface area contributed by atoms with E-state index in [0.717, 1.165) is 23.9 Å². The van der Waals surface area contributed by atoms with Crippen LogP contribution in [0.5, 0.6) is 0 Å². The molecule has 0 aliphatic carbocycles. The van der Waals surface area contributed by atoms with Crippen LogP contribution >= 0.6 is 11.3 Å². The van der Waals surface area contributed by atoms with E-state index in [-0.39, 0.29) is 12.5 Å². The molecule has 1 aromatic rings. The van der Waals surface area contributed by atoms with Crippen molar-refractivity contribution in [3.63, 3.8) is 0 Å². The summed E-state index contributed by atoms with van der Waals surface area (Å²) in [5, 5.41) is 14.7. The van der Waals surface area contributed by atoms with E-state index in [4.69, 9.17) is 9.84 Å². The first kappa shape index (κ1) is 12.3. The Labute approximate surface area is 104 Å². The summed E-state index contributed by atoms with van der Waals surface area (Å²) < 4.78 is 5.46. The molecule has 0 aromatic carbocycles. The van der Waals surface area contributed by atoms with Crippen molar-refractivity contribution in [3.8, 4) is 0 Å². The third kappa shape index (κ3) is 3.41. The predicted molar refractivity (Wildman–Crippen MR) is 65.5 cm³/mol. The van der Waals surface area contributed by atoms with Gasteiger partial charge in [-0.1, -0.05) is 0 Å². The molecule has 2 N–H and O–H groups in total. The summed E-state index contributed by atoms with van der Waals surface area (Å²) in [5.74, 6) is -0.787. The van der Waals surface area contributed by atoms with E-state index in [1.165, 1.54) is 11.3 Å². The summed E-state index contributed by atoms with van der Waals surface area (Å²) in [5.41, 5.74) is 0.839. The highest BCUT2D eigenvalue weighted by atomic mass is 32.1. The van der Waals surface area contributed by atoms with Crippen molar-refractivity contribution in [3.05, 3.63) is 11.1 Å². The third-order valence-corrected chi connectivity index (χ3v) is 3.65. The van der Waals surface area contributed by atoms with E-state index in [1.54, 1.807) is 0 Å². The van der Waals surface area contributed by atoms with Crippen molar-refractivity contribution in [2.75, 3.05) is 11.9 Å². The Kier molecular flexibility index (Phi) is 3.96. The molecule has 6 heteroatoms. The molecule has 2 atom stereocenters. The number of nitrogens with one attached hydrogen (secondary N) is 1. The Morgan fingerprint density at radius 1 is 1.76 bits per heavy atom. The van der Waals surface area contributed by atoms with Crippen LogP contribution < -0.4 is 5.32 Å². The minimum absolute atomic E-state index is 0.131. The van der Waals surface area contributed by atoms with Gasteiger partial charge in [-0.05, 0) is 13.3 Å². The molecule has 5 nitrogen and oxygen atoms in total. The molecule has 1 aromatic heterocycles. The van der Waals surface area contributed by atoms with E-state index in [0.29, 0.717) is 12.5 Å². The van der Waals surface area contributed by atoms with Crippen molar-refractivity contribution in [1.82, 2.24) is 4.98 Å². The van der Waals surface area contributed by atoms with Crippen LogP contribution in [0.2, 0.25) is 0 Å². The van der Waals surface area contributed by atoms with Crippen LogP contribution in [-0.4, -0.2) is 34.8 Å². The Bertz CT molecular complexity index is 394. The number of ether oxygens (including phenoxy) is 1. The van der Waals surface area contributed by atoms with Crippen molar-refractivity contribution in [2.24, 2.45) is 0 Å². The summed E-state index contributed by atoms with van der Waals surface area (Å²) in [7, 11) is 0. The van der Waals surface area contributed by atoms with Gasteiger partial charge >= 0.3 is 5.97 Å². The van der Waals surface area contributed by atoms with Crippen LogP contribution in [0.3, 0.4) is 0 Å². The Balaban J connectivity index is 1.87. The van der Waals surface area contributed by atoms with Crippen LogP contribution in [0.4, 0.5) is 5.13 Å². The fourth-order valence-electron chi connectivity index (χ4n) is 1.80. The molecular weight excluding hydrogens is 240 g/mol. The van der Waals surface area contributed by atoms with Crippen LogP contribution in [0.15, 0.2) is 5.38 Å². The quantitative estimate of drug-likeness (QED) is 0.839. The zero-order chi connectivity index (χ0) is 12.3. The second-order valence-electron chi connectivity index (χ2n) is 4.15. The summed E-state index contributed by atoms with van der Waals surface area (Å²) >= 11 is 1.52. The molecular formula is C11H16N2O3S. The average molecular weight is 256 g/mol. The fourth-order valence-corrected chi connectivity index (χ4v) is 2.61. The van der Waals surface area contributed by atoms with E-state index < -0.39 is 5.97 Å². The van der Waals surface area contributed by atoms with Gasteiger partial charge in [0.25, 0.3) is 0 Å². The number of rotatable bonds is 5. The zero-order valence-corrected chi connectivity index (χ0v) is 10.5. The number of thiazole rings is 1. The lowest BCUT2D eigenvalue weighted by molar-refractivity contribution is -0.136. The van der Waals surface area contributed by atoms with Gasteiger partial charge in [-0.25, -0.2) is 4.98 Å². The van der Waals surface area contributed by atoms with Gasteiger partial charge in [-0.15, -0.1) is 11.3 Å². The highest BCUT2D eigenvalue weighted by molar-refractivity contribution is 7.13. The van der Waals surface area contributed by atoms with Gasteiger partial charge in [-0.3, -0.25) is 4.79 Å². The molecule has 0 amide bonds. The minimum atomic E-state index is -0.787. The largest absolute Gasteiger partial charge is 0.481 e. The Morgan fingerprint density at radius 3 is 3.24 bits per heavy atom. The van der Waals surface area contributed by atoms with Crippen LogP contribution in [-0.2, 0) is 16.0 Å². The molecule has 1 saturated heterocycles. The summed E-state index contributed by atoms with van der Waals surface area (Å²) in [6, 6.07) is 0.313. The molecule has 2 heterocycles. The third-order valence-electron chi connectivity index (χ3n) is 2.83. The second kappa shape index (κ2) is 5.46. The fraction of sp³-hybridized carbons (Fsp3) is 0.636. The topological polar surface area (TPSA) is 71.5 Å². The number of aryl methyl sites for hydroxylation is 1. The lowest BCUT2D eigenvalue weighted by Crippen LogP contribution is -2.26. The Morgan fingerprint density at radius 2 is 2.59 bits per heavy atom. The van der Waals surface area contributed by atoms with Crippen molar-refractivity contribution in [1.29, 1.82) is 0 Å². The number of aromatic nitrogens is 1. The molecule has 0 radical (unpaired) electrons. The number of nitrogens with zero attached hydrogens (tertiary/aromatic N) is 1. The van der Waals surface area contributed by atoms with Crippen LogP contribution in [0.25, 0.3) is 0 Å². The highest BCUT2D eigenvalue weighted by Crippen LogP contribution is 2.22. The van der Waals surface area contributed by atoms with Gasteiger partial charge in [-0.2, -0.15) is 0 Å². The molecule has 0 spiro atoms. The van der Waals surface area contributed by atoms with Gasteiger partial charge in [0.15, 0.2) is 5.13 Å². The van der Waals surface area contributed by atoms with E-state index in [1.807, 2.05) is 12.3 Å². The lowest BCUT2D eigenvalue weighted by Gasteiger charge is -2.14. The molecule has 0 saturated carbocycles. The zero-order valence-electron chi connectivity index (χ0n) is 9.68. The van der Waals surface area contributed by atoms with Crippen LogP contribution in [0.1, 0.15) is 25.5 Å². The molecule has 0 bridgehead atoms. The van der Waals surface area contributed by atoms with Crippen molar-refractivity contribution >= 4 is 22.4 Å². The van der Waals surface area contributed by atoms with Gasteiger partial charge < -0.3 is 15.2 Å². The maximum atomic E-state index is 10.4. The first-order valence-corrected chi connectivity index (χ1v) is 6.57. The highest BCUT2D eigenvalue weighted by Gasteiger charge is 2.24. The van der Waals surface area contributed by atoms with Crippen LogP contribution in [0, 0.1) is 0 Å². The first-order chi connectivity index (χ1) is 8.15. The normalized spacial score (nSPS) is 23.8. The standard InChI is InChI=1S/C11H16N2O3S/c1-7-9(4-5-16-7)13-11-12-8(6-17-11)2-3-10(14)15/h6-7,9H,2-5H2,1H3,(H,12,13)(H,14,15). The van der Waals surface area contributed by atoms with Gasteiger partial charge in [0.2, 0.25) is 0 Å². The number of hydrogen-bond donors (Lipinski definition) is 2. The summed E-state index contributed by atoms with van der Waals surface area (Å²) in [6.07, 6.45) is 1.82. The second-order valence-corrected chi connectivity index (χ2v) is 5.01.